The van der Waals surface area contributed by atoms with Crippen LogP contribution >= 0.6 is 11.8 Å². The molecule has 0 radical (unpaired) electrons. The summed E-state index contributed by atoms with van der Waals surface area (Å²) in [5.41, 5.74) is 0. The van der Waals surface area contributed by atoms with Crippen molar-refractivity contribution in [2.45, 2.75) is 37.6 Å². The van der Waals surface area contributed by atoms with Crippen LogP contribution in [0.1, 0.15) is 18.6 Å². The standard InChI is InChI=1S/C17H19N5O4S/c1-11-8-14(21-26-11)18-15(23)10-27-17-20-19-16(13-5-3-7-25-13)22(17)9-12-4-2-6-24-12/h3,5,7-8,12H,2,4,6,9-10H2,1H3,(H,18,21,23)/t12-/m1/s1. The Balaban J connectivity index is 1.47. The summed E-state index contributed by atoms with van der Waals surface area (Å²) in [7, 11) is 0. The fourth-order valence-corrected chi connectivity index (χ4v) is 3.62. The van der Waals surface area contributed by atoms with Crippen molar-refractivity contribution in [1.82, 2.24) is 19.9 Å². The van der Waals surface area contributed by atoms with Gasteiger partial charge in [0.1, 0.15) is 5.76 Å². The van der Waals surface area contributed by atoms with E-state index in [1.807, 2.05) is 10.6 Å². The van der Waals surface area contributed by atoms with Crippen LogP contribution < -0.4 is 5.32 Å². The third-order valence-electron chi connectivity index (χ3n) is 4.10. The molecule has 1 aliphatic rings. The zero-order valence-corrected chi connectivity index (χ0v) is 15.6. The molecule has 1 amide bonds. The van der Waals surface area contributed by atoms with Gasteiger partial charge in [-0.25, -0.2) is 0 Å². The third kappa shape index (κ3) is 4.22. The van der Waals surface area contributed by atoms with Gasteiger partial charge in [0, 0.05) is 12.7 Å². The second-order valence-electron chi connectivity index (χ2n) is 6.19. The molecule has 3 aromatic heterocycles. The highest BCUT2D eigenvalue weighted by Crippen LogP contribution is 2.27. The lowest BCUT2D eigenvalue weighted by Gasteiger charge is -2.13. The van der Waals surface area contributed by atoms with E-state index in [9.17, 15) is 4.79 Å². The smallest absolute Gasteiger partial charge is 0.236 e. The number of aromatic nitrogens is 4. The van der Waals surface area contributed by atoms with E-state index < -0.39 is 0 Å². The first-order valence-electron chi connectivity index (χ1n) is 8.63. The highest BCUT2D eigenvalue weighted by molar-refractivity contribution is 7.99. The first kappa shape index (κ1) is 17.8. The number of rotatable bonds is 7. The maximum absolute atomic E-state index is 12.2. The number of hydrogen-bond acceptors (Lipinski definition) is 8. The number of carbonyl (C=O) groups is 1. The van der Waals surface area contributed by atoms with Crippen LogP contribution in [0.4, 0.5) is 5.82 Å². The summed E-state index contributed by atoms with van der Waals surface area (Å²) in [4.78, 5) is 12.2. The molecule has 0 unspecified atom stereocenters. The quantitative estimate of drug-likeness (QED) is 0.615. The van der Waals surface area contributed by atoms with Crippen LogP contribution in [0.25, 0.3) is 11.6 Å². The van der Waals surface area contributed by atoms with Crippen molar-refractivity contribution in [1.29, 1.82) is 0 Å². The first-order chi connectivity index (χ1) is 13.2. The number of nitrogens with one attached hydrogen (secondary N) is 1. The lowest BCUT2D eigenvalue weighted by atomic mass is 10.2. The van der Waals surface area contributed by atoms with Crippen molar-refractivity contribution in [2.75, 3.05) is 17.7 Å². The molecule has 4 heterocycles. The SMILES string of the molecule is Cc1cc(NC(=O)CSc2nnc(-c3ccco3)n2C[C@H]2CCCO2)no1. The minimum absolute atomic E-state index is 0.112. The lowest BCUT2D eigenvalue weighted by molar-refractivity contribution is -0.113. The molecule has 0 aromatic carbocycles. The van der Waals surface area contributed by atoms with Gasteiger partial charge in [0.2, 0.25) is 11.7 Å². The van der Waals surface area contributed by atoms with Crippen LogP contribution in [0.5, 0.6) is 0 Å². The van der Waals surface area contributed by atoms with Crippen LogP contribution in [0.3, 0.4) is 0 Å². The van der Waals surface area contributed by atoms with Crippen LogP contribution in [-0.4, -0.2) is 44.3 Å². The Kier molecular flexibility index (Phi) is 5.26. The number of nitrogens with zero attached hydrogens (tertiary/aromatic N) is 4. The molecule has 0 bridgehead atoms. The fourth-order valence-electron chi connectivity index (χ4n) is 2.87. The van der Waals surface area contributed by atoms with E-state index in [1.54, 1.807) is 25.3 Å². The normalized spacial score (nSPS) is 16.7. The van der Waals surface area contributed by atoms with Crippen molar-refractivity contribution in [2.24, 2.45) is 0 Å². The highest BCUT2D eigenvalue weighted by atomic mass is 32.2. The maximum Gasteiger partial charge on any atom is 0.236 e. The second kappa shape index (κ2) is 7.97. The molecule has 1 N–H and O–H groups in total. The molecule has 1 aliphatic heterocycles. The summed E-state index contributed by atoms with van der Waals surface area (Å²) >= 11 is 1.30. The molecular formula is C17H19N5O4S. The minimum Gasteiger partial charge on any atom is -0.461 e. The predicted octanol–water partition coefficient (Wildman–Crippen LogP) is 2.74. The highest BCUT2D eigenvalue weighted by Gasteiger charge is 2.23. The molecule has 27 heavy (non-hydrogen) atoms. The molecule has 3 aromatic rings. The zero-order chi connectivity index (χ0) is 18.6. The fraction of sp³-hybridized carbons (Fsp3) is 0.412. The number of hydrogen-bond donors (Lipinski definition) is 1. The summed E-state index contributed by atoms with van der Waals surface area (Å²) in [5, 5.41) is 15.6. The van der Waals surface area contributed by atoms with E-state index in [2.05, 4.69) is 20.7 Å². The van der Waals surface area contributed by atoms with Gasteiger partial charge < -0.3 is 19.0 Å². The summed E-state index contributed by atoms with van der Waals surface area (Å²) < 4.78 is 18.1. The van der Waals surface area contributed by atoms with Crippen LogP contribution in [-0.2, 0) is 16.1 Å². The Morgan fingerprint density at radius 2 is 2.37 bits per heavy atom. The topological polar surface area (TPSA) is 108 Å². The predicted molar refractivity (Wildman–Crippen MR) is 97.3 cm³/mol. The molecule has 0 aliphatic carbocycles. The molecule has 1 saturated heterocycles. The molecule has 1 atom stereocenters. The number of anilines is 1. The van der Waals surface area contributed by atoms with E-state index in [1.165, 1.54) is 11.8 Å². The summed E-state index contributed by atoms with van der Waals surface area (Å²) in [5.74, 6) is 2.28. The van der Waals surface area contributed by atoms with Crippen LogP contribution in [0.2, 0.25) is 0 Å². The Morgan fingerprint density at radius 3 is 3.07 bits per heavy atom. The molecule has 1 fully saturated rings. The first-order valence-corrected chi connectivity index (χ1v) is 9.62. The number of carbonyl (C=O) groups excluding carboxylic acids is 1. The zero-order valence-electron chi connectivity index (χ0n) is 14.8. The van der Waals surface area contributed by atoms with Crippen molar-refractivity contribution in [3.05, 3.63) is 30.2 Å². The summed E-state index contributed by atoms with van der Waals surface area (Å²) in [6.45, 7) is 3.15. The van der Waals surface area contributed by atoms with Crippen molar-refractivity contribution < 1.29 is 18.5 Å². The molecule has 142 valence electrons. The van der Waals surface area contributed by atoms with E-state index in [-0.39, 0.29) is 17.8 Å². The van der Waals surface area contributed by atoms with Crippen LogP contribution in [0.15, 0.2) is 38.6 Å². The molecular weight excluding hydrogens is 370 g/mol. The van der Waals surface area contributed by atoms with Gasteiger partial charge >= 0.3 is 0 Å². The van der Waals surface area contributed by atoms with E-state index in [4.69, 9.17) is 13.7 Å². The van der Waals surface area contributed by atoms with Gasteiger partial charge in [-0.05, 0) is 31.9 Å². The minimum atomic E-state index is -0.195. The molecule has 9 nitrogen and oxygen atoms in total. The molecule has 4 rings (SSSR count). The number of furan rings is 1. The Labute approximate surface area is 159 Å². The summed E-state index contributed by atoms with van der Waals surface area (Å²) in [6.07, 6.45) is 3.75. The number of thioether (sulfide) groups is 1. The van der Waals surface area contributed by atoms with Gasteiger partial charge in [0.25, 0.3) is 0 Å². The second-order valence-corrected chi connectivity index (χ2v) is 7.13. The Morgan fingerprint density at radius 1 is 1.44 bits per heavy atom. The molecule has 0 saturated carbocycles. The van der Waals surface area contributed by atoms with Gasteiger partial charge in [-0.2, -0.15) is 0 Å². The van der Waals surface area contributed by atoms with E-state index >= 15 is 0 Å². The largest absolute Gasteiger partial charge is 0.461 e. The average molecular weight is 389 g/mol. The van der Waals surface area contributed by atoms with Crippen molar-refractivity contribution in [3.8, 4) is 11.6 Å². The van der Waals surface area contributed by atoms with E-state index in [0.717, 1.165) is 19.4 Å². The third-order valence-corrected chi connectivity index (χ3v) is 5.06. The molecule has 10 heteroatoms. The van der Waals surface area contributed by atoms with Gasteiger partial charge in [-0.1, -0.05) is 16.9 Å². The number of aryl methyl sites for hydroxylation is 1. The van der Waals surface area contributed by atoms with Gasteiger partial charge in [-0.15, -0.1) is 10.2 Å². The van der Waals surface area contributed by atoms with Crippen LogP contribution in [0, 0.1) is 6.92 Å². The Bertz CT molecular complexity index is 898. The maximum atomic E-state index is 12.2. The summed E-state index contributed by atoms with van der Waals surface area (Å²) in [6, 6.07) is 5.31. The number of amides is 1. The van der Waals surface area contributed by atoms with E-state index in [0.29, 0.717) is 34.9 Å². The Hall–Kier alpha value is -2.59. The number of ether oxygens (including phenoxy) is 1. The monoisotopic (exact) mass is 389 g/mol. The van der Waals surface area contributed by atoms with Crippen molar-refractivity contribution in [3.63, 3.8) is 0 Å². The molecule has 0 spiro atoms. The van der Waals surface area contributed by atoms with Gasteiger partial charge in [0.15, 0.2) is 16.7 Å². The average Bonchev–Trinajstić information content (AvgIpc) is 3.42. The lowest BCUT2D eigenvalue weighted by Crippen LogP contribution is -2.18. The van der Waals surface area contributed by atoms with Gasteiger partial charge in [-0.3, -0.25) is 9.36 Å². The van der Waals surface area contributed by atoms with Gasteiger partial charge in [0.05, 0.1) is 24.7 Å². The van der Waals surface area contributed by atoms with Crippen molar-refractivity contribution >= 4 is 23.5 Å².